The monoisotopic (exact) mass is 486 g/mol. The van der Waals surface area contributed by atoms with Gasteiger partial charge in [-0.2, -0.15) is 0 Å². The van der Waals surface area contributed by atoms with Gasteiger partial charge in [0.05, 0.1) is 0 Å². The zero-order chi connectivity index (χ0) is 26.1. The van der Waals surface area contributed by atoms with Gasteiger partial charge in [-0.1, -0.05) is 66.2 Å². The highest BCUT2D eigenvalue weighted by atomic mass is 16.2. The maximum Gasteiger partial charge on any atom is 0.247 e. The van der Waals surface area contributed by atoms with Crippen LogP contribution in [0.4, 0.5) is 5.82 Å². The minimum Gasteiger partial charge on any atom is -0.349 e. The van der Waals surface area contributed by atoms with Crippen molar-refractivity contribution in [3.8, 4) is 0 Å². The van der Waals surface area contributed by atoms with Crippen molar-refractivity contribution in [3.05, 3.63) is 95.7 Å². The number of carbonyl (C=O) groups excluding carboxylic acids is 3. The fraction of sp³-hybridized carbons (Fsp3) is 0.310. The van der Waals surface area contributed by atoms with Gasteiger partial charge in [-0.3, -0.25) is 14.4 Å². The summed E-state index contributed by atoms with van der Waals surface area (Å²) in [6, 6.07) is 21.5. The molecule has 7 nitrogen and oxygen atoms in total. The van der Waals surface area contributed by atoms with E-state index in [0.29, 0.717) is 11.4 Å². The quantitative estimate of drug-likeness (QED) is 0.455. The summed E-state index contributed by atoms with van der Waals surface area (Å²) in [6.45, 7) is 7.92. The van der Waals surface area contributed by atoms with E-state index in [9.17, 15) is 14.4 Å². The third-order valence-corrected chi connectivity index (χ3v) is 5.47. The van der Waals surface area contributed by atoms with Gasteiger partial charge in [0.15, 0.2) is 0 Å². The number of benzene rings is 2. The Balaban J connectivity index is 1.88. The second-order valence-electron chi connectivity index (χ2n) is 9.82. The minimum absolute atomic E-state index is 0.0256. The molecule has 3 rings (SSSR count). The molecule has 2 aromatic carbocycles. The highest BCUT2D eigenvalue weighted by Gasteiger charge is 2.33. The average molecular weight is 487 g/mol. The van der Waals surface area contributed by atoms with Gasteiger partial charge < -0.3 is 15.5 Å². The molecule has 7 heteroatoms. The maximum absolute atomic E-state index is 13.6. The van der Waals surface area contributed by atoms with Crippen LogP contribution in [0.3, 0.4) is 0 Å². The van der Waals surface area contributed by atoms with Crippen LogP contribution in [0.1, 0.15) is 56.3 Å². The van der Waals surface area contributed by atoms with Crippen molar-refractivity contribution in [2.24, 2.45) is 0 Å². The lowest BCUT2D eigenvalue weighted by atomic mass is 9.99. The molecule has 188 valence electrons. The largest absolute Gasteiger partial charge is 0.349 e. The van der Waals surface area contributed by atoms with Crippen LogP contribution >= 0.6 is 0 Å². The molecule has 0 aliphatic heterocycles. The van der Waals surface area contributed by atoms with Gasteiger partial charge in [0.2, 0.25) is 17.7 Å². The fourth-order valence-corrected chi connectivity index (χ4v) is 3.77. The van der Waals surface area contributed by atoms with Crippen molar-refractivity contribution >= 4 is 23.5 Å². The Morgan fingerprint density at radius 2 is 1.56 bits per heavy atom. The van der Waals surface area contributed by atoms with Gasteiger partial charge in [-0.15, -0.1) is 0 Å². The Bertz CT molecular complexity index is 1160. The van der Waals surface area contributed by atoms with Gasteiger partial charge in [0.25, 0.3) is 0 Å². The van der Waals surface area contributed by atoms with Crippen molar-refractivity contribution in [2.75, 3.05) is 5.32 Å². The Hall–Kier alpha value is -4.00. The molecule has 0 bridgehead atoms. The molecule has 2 N–H and O–H groups in total. The van der Waals surface area contributed by atoms with E-state index in [0.717, 1.165) is 11.1 Å². The Morgan fingerprint density at radius 3 is 2.17 bits per heavy atom. The van der Waals surface area contributed by atoms with Crippen molar-refractivity contribution in [1.82, 2.24) is 15.2 Å². The number of aromatic nitrogens is 1. The van der Waals surface area contributed by atoms with E-state index in [-0.39, 0.29) is 37.1 Å². The number of amides is 3. The molecule has 3 amide bonds. The molecule has 0 radical (unpaired) electrons. The van der Waals surface area contributed by atoms with E-state index in [1.54, 1.807) is 29.3 Å². The SMILES string of the molecule is Cc1ccc([C@@H](C(=O)NC(C)(C)C)N(Cc2ccccc2)C(=O)CCC(=O)Nc2ccccn2)cc1. The minimum atomic E-state index is -0.851. The van der Waals surface area contributed by atoms with Gasteiger partial charge in [-0.25, -0.2) is 4.98 Å². The van der Waals surface area contributed by atoms with Crippen LogP contribution in [0.25, 0.3) is 0 Å². The summed E-state index contributed by atoms with van der Waals surface area (Å²) >= 11 is 0. The average Bonchev–Trinajstić information content (AvgIpc) is 2.83. The number of anilines is 1. The number of nitrogens with one attached hydrogen (secondary N) is 2. The second-order valence-corrected chi connectivity index (χ2v) is 9.82. The number of nitrogens with zero attached hydrogens (tertiary/aromatic N) is 2. The van der Waals surface area contributed by atoms with Gasteiger partial charge in [-0.05, 0) is 51.0 Å². The van der Waals surface area contributed by atoms with Crippen LogP contribution in [0.15, 0.2) is 79.0 Å². The van der Waals surface area contributed by atoms with E-state index >= 15 is 0 Å². The number of aryl methyl sites for hydroxylation is 1. The Labute approximate surface area is 212 Å². The molecule has 0 fully saturated rings. The lowest BCUT2D eigenvalue weighted by Gasteiger charge is -2.34. The van der Waals surface area contributed by atoms with Gasteiger partial charge in [0, 0.05) is 31.1 Å². The first-order valence-electron chi connectivity index (χ1n) is 12.1. The summed E-state index contributed by atoms with van der Waals surface area (Å²) in [7, 11) is 0. The van der Waals surface area contributed by atoms with Gasteiger partial charge >= 0.3 is 0 Å². The maximum atomic E-state index is 13.6. The summed E-state index contributed by atoms with van der Waals surface area (Å²) in [5, 5.41) is 5.74. The zero-order valence-electron chi connectivity index (χ0n) is 21.3. The molecule has 0 aliphatic carbocycles. The van der Waals surface area contributed by atoms with E-state index in [4.69, 9.17) is 0 Å². The third kappa shape index (κ3) is 8.05. The first kappa shape index (κ1) is 26.6. The highest BCUT2D eigenvalue weighted by Crippen LogP contribution is 2.26. The molecule has 0 saturated carbocycles. The van der Waals surface area contributed by atoms with Crippen molar-refractivity contribution < 1.29 is 14.4 Å². The van der Waals surface area contributed by atoms with Crippen LogP contribution in [0.2, 0.25) is 0 Å². The Kier molecular flexibility index (Phi) is 8.95. The summed E-state index contributed by atoms with van der Waals surface area (Å²) in [4.78, 5) is 45.3. The standard InChI is InChI=1S/C29H34N4O3/c1-21-13-15-23(16-14-21)27(28(36)32-29(2,3)4)33(20-22-10-6-5-7-11-22)26(35)18-17-25(34)31-24-12-8-9-19-30-24/h5-16,19,27H,17-18,20H2,1-4H3,(H,32,36)(H,30,31,34)/t27-/m0/s1. The number of hydrogen-bond donors (Lipinski definition) is 2. The lowest BCUT2D eigenvalue weighted by Crippen LogP contribution is -2.49. The number of rotatable bonds is 9. The van der Waals surface area contributed by atoms with Crippen LogP contribution in [0.5, 0.6) is 0 Å². The Morgan fingerprint density at radius 1 is 0.889 bits per heavy atom. The van der Waals surface area contributed by atoms with Crippen LogP contribution in [-0.2, 0) is 20.9 Å². The lowest BCUT2D eigenvalue weighted by molar-refractivity contribution is -0.142. The first-order chi connectivity index (χ1) is 17.1. The van der Waals surface area contributed by atoms with Crippen molar-refractivity contribution in [3.63, 3.8) is 0 Å². The van der Waals surface area contributed by atoms with Crippen molar-refractivity contribution in [1.29, 1.82) is 0 Å². The third-order valence-electron chi connectivity index (χ3n) is 5.47. The molecular weight excluding hydrogens is 452 g/mol. The molecule has 1 aromatic heterocycles. The van der Waals surface area contributed by atoms with Gasteiger partial charge in [0.1, 0.15) is 11.9 Å². The predicted octanol–water partition coefficient (Wildman–Crippen LogP) is 4.79. The van der Waals surface area contributed by atoms with E-state index in [1.165, 1.54) is 0 Å². The molecule has 1 heterocycles. The summed E-state index contributed by atoms with van der Waals surface area (Å²) in [6.07, 6.45) is 1.52. The number of pyridine rings is 1. The van der Waals surface area contributed by atoms with Crippen molar-refractivity contribution in [2.45, 2.75) is 58.7 Å². The fourth-order valence-electron chi connectivity index (χ4n) is 3.77. The van der Waals surface area contributed by atoms with Crippen LogP contribution < -0.4 is 10.6 Å². The number of hydrogen-bond acceptors (Lipinski definition) is 4. The zero-order valence-corrected chi connectivity index (χ0v) is 21.3. The van der Waals surface area contributed by atoms with E-state index < -0.39 is 11.6 Å². The summed E-state index contributed by atoms with van der Waals surface area (Å²) < 4.78 is 0. The first-order valence-corrected chi connectivity index (χ1v) is 12.1. The second kappa shape index (κ2) is 12.1. The van der Waals surface area contributed by atoms with Crippen LogP contribution in [-0.4, -0.2) is 33.1 Å². The highest BCUT2D eigenvalue weighted by molar-refractivity contribution is 5.94. The number of carbonyl (C=O) groups is 3. The molecular formula is C29H34N4O3. The van der Waals surface area contributed by atoms with E-state index in [1.807, 2.05) is 82.3 Å². The molecule has 0 spiro atoms. The molecule has 36 heavy (non-hydrogen) atoms. The molecule has 0 aliphatic rings. The molecule has 0 saturated heterocycles. The topological polar surface area (TPSA) is 91.4 Å². The summed E-state index contributed by atoms with van der Waals surface area (Å²) in [5.74, 6) is -0.441. The molecule has 3 aromatic rings. The smallest absolute Gasteiger partial charge is 0.247 e. The predicted molar refractivity (Wildman–Crippen MR) is 141 cm³/mol. The molecule has 0 unspecified atom stereocenters. The molecule has 1 atom stereocenters. The van der Waals surface area contributed by atoms with E-state index in [2.05, 4.69) is 15.6 Å². The van der Waals surface area contributed by atoms with Crippen LogP contribution in [0, 0.1) is 6.92 Å². The summed E-state index contributed by atoms with van der Waals surface area (Å²) in [5.41, 5.74) is 2.18. The normalized spacial score (nSPS) is 11.9.